The van der Waals surface area contributed by atoms with Crippen LogP contribution in [0.3, 0.4) is 0 Å². The zero-order valence-electron chi connectivity index (χ0n) is 12.7. The number of rotatable bonds is 3. The van der Waals surface area contributed by atoms with Gasteiger partial charge in [-0.2, -0.15) is 8.42 Å². The largest absolute Gasteiger partial charge is 0.378 e. The van der Waals surface area contributed by atoms with E-state index >= 15 is 0 Å². The summed E-state index contributed by atoms with van der Waals surface area (Å²) in [5.41, 5.74) is -0.0159. The second-order valence-electron chi connectivity index (χ2n) is 4.99. The monoisotopic (exact) mass is 324 g/mol. The summed E-state index contributed by atoms with van der Waals surface area (Å²) in [6.07, 6.45) is 0.963. The highest BCUT2D eigenvalue weighted by molar-refractivity contribution is 7.87. The van der Waals surface area contributed by atoms with E-state index in [1.165, 1.54) is 20.2 Å². The molecule has 1 aromatic heterocycles. The highest BCUT2D eigenvalue weighted by Crippen LogP contribution is 2.23. The Morgan fingerprint density at radius 2 is 1.73 bits per heavy atom. The lowest BCUT2D eigenvalue weighted by atomic mass is 10.1. The highest BCUT2D eigenvalue weighted by atomic mass is 32.2. The summed E-state index contributed by atoms with van der Waals surface area (Å²) in [5, 5.41) is 0. The van der Waals surface area contributed by atoms with Crippen LogP contribution in [-0.4, -0.2) is 17.6 Å². The first kappa shape index (κ1) is 16.0. The van der Waals surface area contributed by atoms with Gasteiger partial charge < -0.3 is 8.75 Å². The maximum absolute atomic E-state index is 12.4. The van der Waals surface area contributed by atoms with Crippen LogP contribution in [-0.2, 0) is 24.2 Å². The Hall–Kier alpha value is -2.35. The number of aryl methyl sites for hydroxylation is 2. The van der Waals surface area contributed by atoms with Gasteiger partial charge in [0, 0.05) is 20.3 Å². The summed E-state index contributed by atoms with van der Waals surface area (Å²) in [7, 11) is -1.77. The number of hydrogen-bond donors (Lipinski definition) is 0. The zero-order valence-corrected chi connectivity index (χ0v) is 13.5. The van der Waals surface area contributed by atoms with Crippen LogP contribution in [0.15, 0.2) is 38.9 Å². The molecular formula is C14H16N2O5S. The molecule has 0 saturated carbocycles. The predicted octanol–water partition coefficient (Wildman–Crippen LogP) is 0.469. The van der Waals surface area contributed by atoms with Crippen molar-refractivity contribution in [3.05, 3.63) is 56.4 Å². The van der Waals surface area contributed by atoms with Crippen molar-refractivity contribution in [2.45, 2.75) is 18.7 Å². The number of hydrogen-bond acceptors (Lipinski definition) is 5. The molecule has 1 aromatic carbocycles. The van der Waals surface area contributed by atoms with E-state index < -0.39 is 26.3 Å². The maximum atomic E-state index is 12.4. The van der Waals surface area contributed by atoms with Gasteiger partial charge in [-0.15, -0.1) is 0 Å². The Morgan fingerprint density at radius 1 is 1.09 bits per heavy atom. The predicted molar refractivity (Wildman–Crippen MR) is 80.7 cm³/mol. The Bertz CT molecular complexity index is 954. The standard InChI is InChI=1S/C14H16N2O5S/c1-9-6-5-7-11(10(9)2)21-22(19,20)12-8-15(3)14(18)16(4)13(12)17/h5-8H,1-4H3. The quantitative estimate of drug-likeness (QED) is 0.766. The van der Waals surface area contributed by atoms with Crippen molar-refractivity contribution in [2.24, 2.45) is 14.1 Å². The van der Waals surface area contributed by atoms with Crippen LogP contribution in [0.2, 0.25) is 0 Å². The molecule has 118 valence electrons. The van der Waals surface area contributed by atoms with E-state index in [1.807, 2.05) is 13.0 Å². The molecule has 0 aliphatic heterocycles. The van der Waals surface area contributed by atoms with E-state index in [0.29, 0.717) is 5.56 Å². The van der Waals surface area contributed by atoms with E-state index in [-0.39, 0.29) is 5.75 Å². The molecule has 2 aromatic rings. The lowest BCUT2D eigenvalue weighted by molar-refractivity contribution is 0.478. The van der Waals surface area contributed by atoms with Crippen molar-refractivity contribution in [2.75, 3.05) is 0 Å². The fourth-order valence-electron chi connectivity index (χ4n) is 1.92. The van der Waals surface area contributed by atoms with Crippen LogP contribution >= 0.6 is 0 Å². The van der Waals surface area contributed by atoms with Gasteiger partial charge in [0.25, 0.3) is 5.56 Å². The number of nitrogens with zero attached hydrogens (tertiary/aromatic N) is 2. The van der Waals surface area contributed by atoms with Crippen molar-refractivity contribution >= 4 is 10.1 Å². The molecule has 0 aliphatic rings. The number of benzene rings is 1. The molecule has 0 N–H and O–H groups in total. The van der Waals surface area contributed by atoms with E-state index in [0.717, 1.165) is 20.9 Å². The molecule has 0 aliphatic carbocycles. The normalized spacial score (nSPS) is 11.5. The van der Waals surface area contributed by atoms with E-state index in [9.17, 15) is 18.0 Å². The van der Waals surface area contributed by atoms with Crippen molar-refractivity contribution in [3.8, 4) is 5.75 Å². The summed E-state index contributed by atoms with van der Waals surface area (Å²) in [6.45, 7) is 3.54. The van der Waals surface area contributed by atoms with E-state index in [4.69, 9.17) is 4.18 Å². The summed E-state index contributed by atoms with van der Waals surface area (Å²) in [6, 6.07) is 4.98. The Labute approximate surface area is 127 Å². The first-order valence-electron chi connectivity index (χ1n) is 6.42. The summed E-state index contributed by atoms with van der Waals surface area (Å²) in [4.78, 5) is 23.1. The van der Waals surface area contributed by atoms with Gasteiger partial charge in [-0.25, -0.2) is 4.79 Å². The third kappa shape index (κ3) is 2.69. The molecule has 0 radical (unpaired) electrons. The first-order chi connectivity index (χ1) is 10.1. The Balaban J connectivity index is 2.60. The van der Waals surface area contributed by atoms with Gasteiger partial charge in [0.05, 0.1) is 0 Å². The lowest BCUT2D eigenvalue weighted by Crippen LogP contribution is -2.39. The lowest BCUT2D eigenvalue weighted by Gasteiger charge is -2.11. The van der Waals surface area contributed by atoms with Crippen LogP contribution in [0.25, 0.3) is 0 Å². The minimum absolute atomic E-state index is 0.149. The van der Waals surface area contributed by atoms with Crippen LogP contribution in [0, 0.1) is 13.8 Å². The van der Waals surface area contributed by atoms with Crippen LogP contribution in [0.5, 0.6) is 5.75 Å². The minimum Gasteiger partial charge on any atom is -0.378 e. The van der Waals surface area contributed by atoms with Gasteiger partial charge in [0.15, 0.2) is 4.90 Å². The van der Waals surface area contributed by atoms with Crippen molar-refractivity contribution in [3.63, 3.8) is 0 Å². The zero-order chi connectivity index (χ0) is 16.7. The van der Waals surface area contributed by atoms with Gasteiger partial charge in [-0.3, -0.25) is 9.36 Å². The summed E-state index contributed by atoms with van der Waals surface area (Å²) >= 11 is 0. The fourth-order valence-corrected chi connectivity index (χ4v) is 3.07. The topological polar surface area (TPSA) is 87.4 Å². The van der Waals surface area contributed by atoms with Crippen LogP contribution < -0.4 is 15.4 Å². The molecular weight excluding hydrogens is 308 g/mol. The first-order valence-corrected chi connectivity index (χ1v) is 7.83. The SMILES string of the molecule is Cc1cccc(OS(=O)(=O)c2cn(C)c(=O)n(C)c2=O)c1C. The summed E-state index contributed by atoms with van der Waals surface area (Å²) < 4.78 is 31.5. The van der Waals surface area contributed by atoms with Crippen LogP contribution in [0.1, 0.15) is 11.1 Å². The molecule has 7 nitrogen and oxygen atoms in total. The van der Waals surface area contributed by atoms with Gasteiger partial charge in [0.2, 0.25) is 0 Å². The van der Waals surface area contributed by atoms with Gasteiger partial charge in [-0.1, -0.05) is 12.1 Å². The second kappa shape index (κ2) is 5.45. The fraction of sp³-hybridized carbons (Fsp3) is 0.286. The molecule has 0 bridgehead atoms. The molecule has 8 heteroatoms. The molecule has 2 rings (SSSR count). The molecule has 0 atom stereocenters. The highest BCUT2D eigenvalue weighted by Gasteiger charge is 2.24. The van der Waals surface area contributed by atoms with Gasteiger partial charge >= 0.3 is 15.8 Å². The minimum atomic E-state index is -4.34. The molecule has 0 fully saturated rings. The molecule has 1 heterocycles. The van der Waals surface area contributed by atoms with Crippen LogP contribution in [0.4, 0.5) is 0 Å². The molecule has 0 unspecified atom stereocenters. The average molecular weight is 324 g/mol. The third-order valence-electron chi connectivity index (χ3n) is 3.44. The molecule has 22 heavy (non-hydrogen) atoms. The molecule has 0 saturated heterocycles. The van der Waals surface area contributed by atoms with Gasteiger partial charge in [0.1, 0.15) is 5.75 Å². The van der Waals surface area contributed by atoms with Crippen molar-refractivity contribution in [1.29, 1.82) is 0 Å². The smallest absolute Gasteiger partial charge is 0.346 e. The maximum Gasteiger partial charge on any atom is 0.346 e. The number of aromatic nitrogens is 2. The van der Waals surface area contributed by atoms with Gasteiger partial charge in [-0.05, 0) is 31.0 Å². The van der Waals surface area contributed by atoms with Crippen molar-refractivity contribution < 1.29 is 12.6 Å². The Morgan fingerprint density at radius 3 is 2.36 bits per heavy atom. The Kier molecular flexibility index (Phi) is 3.97. The van der Waals surface area contributed by atoms with E-state index in [1.54, 1.807) is 13.0 Å². The second-order valence-corrected chi connectivity index (χ2v) is 6.50. The summed E-state index contributed by atoms with van der Waals surface area (Å²) in [5.74, 6) is 0.149. The van der Waals surface area contributed by atoms with E-state index in [2.05, 4.69) is 0 Å². The molecule has 0 amide bonds. The van der Waals surface area contributed by atoms with Crippen molar-refractivity contribution in [1.82, 2.24) is 9.13 Å². The molecule has 0 spiro atoms. The third-order valence-corrected chi connectivity index (χ3v) is 4.66. The average Bonchev–Trinajstić information content (AvgIpc) is 2.45.